The summed E-state index contributed by atoms with van der Waals surface area (Å²) in [7, 11) is 3.37. The molecule has 4 heterocycles. The van der Waals surface area contributed by atoms with Gasteiger partial charge in [0.2, 0.25) is 5.91 Å². The van der Waals surface area contributed by atoms with Crippen LogP contribution in [0.1, 0.15) is 30.3 Å². The summed E-state index contributed by atoms with van der Waals surface area (Å²) in [6.07, 6.45) is 2.06. The molecule has 174 valence electrons. The molecule has 0 aliphatic heterocycles. The highest BCUT2D eigenvalue weighted by atomic mass is 35.5. The van der Waals surface area contributed by atoms with Crippen LogP contribution in [-0.4, -0.2) is 52.2 Å². The minimum absolute atomic E-state index is 0.162. The molecule has 0 atom stereocenters. The maximum atomic E-state index is 13.9. The minimum Gasteiger partial charge on any atom is -0.338 e. The van der Waals surface area contributed by atoms with Crippen molar-refractivity contribution in [1.29, 1.82) is 0 Å². The number of aromatic nitrogens is 7. The highest BCUT2D eigenvalue weighted by Crippen LogP contribution is 2.33. The van der Waals surface area contributed by atoms with Gasteiger partial charge in [-0.15, -0.1) is 0 Å². The van der Waals surface area contributed by atoms with Crippen LogP contribution in [0.15, 0.2) is 24.7 Å². The highest BCUT2D eigenvalue weighted by molar-refractivity contribution is 6.31. The predicted molar refractivity (Wildman–Crippen MR) is 119 cm³/mol. The zero-order chi connectivity index (χ0) is 23.9. The maximum absolute atomic E-state index is 13.9. The smallest absolute Gasteiger partial charge is 0.264 e. The molecule has 1 amide bonds. The van der Waals surface area contributed by atoms with Crippen LogP contribution < -0.4 is 0 Å². The summed E-state index contributed by atoms with van der Waals surface area (Å²) in [5.74, 6) is -0.272. The quantitative estimate of drug-likeness (QED) is 0.406. The number of amides is 1. The van der Waals surface area contributed by atoms with Crippen LogP contribution in [-0.2, 0) is 31.5 Å². The fourth-order valence-corrected chi connectivity index (χ4v) is 3.95. The van der Waals surface area contributed by atoms with Crippen molar-refractivity contribution in [2.45, 2.75) is 39.9 Å². The van der Waals surface area contributed by atoms with Crippen LogP contribution in [0.3, 0.4) is 0 Å². The van der Waals surface area contributed by atoms with Gasteiger partial charge < -0.3 is 4.90 Å². The van der Waals surface area contributed by atoms with Crippen molar-refractivity contribution >= 4 is 28.5 Å². The Morgan fingerprint density at radius 1 is 1.24 bits per heavy atom. The third-order valence-electron chi connectivity index (χ3n) is 5.44. The summed E-state index contributed by atoms with van der Waals surface area (Å²) in [4.78, 5) is 19.0. The molecule has 4 aromatic heterocycles. The first kappa shape index (κ1) is 22.8. The van der Waals surface area contributed by atoms with Gasteiger partial charge in [-0.1, -0.05) is 11.6 Å². The number of hydrogen-bond acceptors (Lipinski definition) is 5. The van der Waals surface area contributed by atoms with Gasteiger partial charge in [0.15, 0.2) is 5.65 Å². The number of likely N-dealkylation sites (N-methyl/N-ethyl adjacent to an activating group) is 1. The van der Waals surface area contributed by atoms with E-state index < -0.39 is 6.43 Å². The molecule has 0 unspecified atom stereocenters. The number of pyridine rings is 1. The van der Waals surface area contributed by atoms with Crippen molar-refractivity contribution < 1.29 is 13.6 Å². The molecule has 4 rings (SSSR count). The summed E-state index contributed by atoms with van der Waals surface area (Å²) in [5.41, 5.74) is 2.08. The SMILES string of the molecule is CCn1ncc(Cl)c1CN(C)C(=O)Cn1nc(C)c2c(C(F)F)cc(-c3cnn(C)c3)nc21. The van der Waals surface area contributed by atoms with Gasteiger partial charge in [0.25, 0.3) is 6.43 Å². The molecule has 0 N–H and O–H groups in total. The van der Waals surface area contributed by atoms with Crippen LogP contribution in [0.2, 0.25) is 5.02 Å². The molecule has 0 saturated heterocycles. The zero-order valence-electron chi connectivity index (χ0n) is 18.6. The van der Waals surface area contributed by atoms with Gasteiger partial charge in [-0.3, -0.25) is 14.2 Å². The number of carbonyl (C=O) groups is 1. The number of rotatable bonds is 7. The lowest BCUT2D eigenvalue weighted by Gasteiger charge is -2.18. The Labute approximate surface area is 193 Å². The van der Waals surface area contributed by atoms with Crippen LogP contribution in [0, 0.1) is 6.92 Å². The molecular formula is C21H23ClF2N8O. The van der Waals surface area contributed by atoms with Gasteiger partial charge in [0.05, 0.1) is 46.4 Å². The largest absolute Gasteiger partial charge is 0.338 e. The standard InChI is InChI=1S/C21H23ClF2N8O/c1-5-31-17(15(22)8-26-31)10-29(3)18(33)11-32-21-19(12(2)28-32)14(20(23)24)6-16(27-21)13-7-25-30(4)9-13/h6-9,20H,5,10-11H2,1-4H3. The molecule has 0 aliphatic carbocycles. The third kappa shape index (κ3) is 4.32. The van der Waals surface area contributed by atoms with Crippen molar-refractivity contribution in [3.63, 3.8) is 0 Å². The third-order valence-corrected chi connectivity index (χ3v) is 5.75. The van der Waals surface area contributed by atoms with Gasteiger partial charge in [-0.25, -0.2) is 18.4 Å². The summed E-state index contributed by atoms with van der Waals surface area (Å²) in [6.45, 7) is 4.26. The lowest BCUT2D eigenvalue weighted by atomic mass is 10.1. The van der Waals surface area contributed by atoms with Gasteiger partial charge in [0, 0.05) is 38.0 Å². The number of alkyl halides is 2. The Kier molecular flexibility index (Phi) is 6.15. The Balaban J connectivity index is 1.69. The molecule has 0 aromatic carbocycles. The fraction of sp³-hybridized carbons (Fsp3) is 0.381. The van der Waals surface area contributed by atoms with E-state index in [1.165, 1.54) is 15.6 Å². The van der Waals surface area contributed by atoms with Crippen LogP contribution in [0.4, 0.5) is 8.78 Å². The Morgan fingerprint density at radius 2 is 2.00 bits per heavy atom. The molecule has 4 aromatic rings. The molecule has 0 aliphatic rings. The normalized spacial score (nSPS) is 11.6. The summed E-state index contributed by atoms with van der Waals surface area (Å²) >= 11 is 6.21. The topological polar surface area (TPSA) is 86.7 Å². The molecule has 0 saturated carbocycles. The summed E-state index contributed by atoms with van der Waals surface area (Å²) < 4.78 is 32.5. The van der Waals surface area contributed by atoms with Crippen molar-refractivity contribution in [2.75, 3.05) is 7.05 Å². The van der Waals surface area contributed by atoms with E-state index in [2.05, 4.69) is 20.3 Å². The predicted octanol–water partition coefficient (Wildman–Crippen LogP) is 3.61. The lowest BCUT2D eigenvalue weighted by molar-refractivity contribution is -0.131. The number of aryl methyl sites for hydroxylation is 3. The molecule has 33 heavy (non-hydrogen) atoms. The lowest BCUT2D eigenvalue weighted by Crippen LogP contribution is -2.31. The van der Waals surface area contributed by atoms with E-state index in [-0.39, 0.29) is 35.6 Å². The number of nitrogens with zero attached hydrogens (tertiary/aromatic N) is 8. The average Bonchev–Trinajstić information content (AvgIpc) is 3.45. The fourth-order valence-electron chi connectivity index (χ4n) is 3.75. The Hall–Kier alpha value is -3.34. The van der Waals surface area contributed by atoms with E-state index >= 15 is 0 Å². The van der Waals surface area contributed by atoms with Crippen molar-refractivity contribution in [3.05, 3.63) is 46.6 Å². The van der Waals surface area contributed by atoms with Gasteiger partial charge in [0.1, 0.15) is 6.54 Å². The van der Waals surface area contributed by atoms with E-state index in [4.69, 9.17) is 11.6 Å². The number of carbonyl (C=O) groups excluding carboxylic acids is 1. The van der Waals surface area contributed by atoms with E-state index in [0.29, 0.717) is 34.2 Å². The van der Waals surface area contributed by atoms with E-state index in [0.717, 1.165) is 0 Å². The number of hydrogen-bond donors (Lipinski definition) is 0. The summed E-state index contributed by atoms with van der Waals surface area (Å²) in [6, 6.07) is 1.35. The van der Waals surface area contributed by atoms with Crippen molar-refractivity contribution in [3.8, 4) is 11.3 Å². The van der Waals surface area contributed by atoms with Crippen molar-refractivity contribution in [2.24, 2.45) is 7.05 Å². The zero-order valence-corrected chi connectivity index (χ0v) is 19.4. The first-order valence-electron chi connectivity index (χ1n) is 10.3. The van der Waals surface area contributed by atoms with Gasteiger partial charge >= 0.3 is 0 Å². The minimum atomic E-state index is -2.72. The van der Waals surface area contributed by atoms with Gasteiger partial charge in [-0.05, 0) is 19.9 Å². The maximum Gasteiger partial charge on any atom is 0.264 e. The number of fused-ring (bicyclic) bond motifs is 1. The molecule has 0 radical (unpaired) electrons. The second-order valence-corrected chi connectivity index (χ2v) is 8.15. The molecular weight excluding hydrogens is 454 g/mol. The second kappa shape index (κ2) is 8.89. The van der Waals surface area contributed by atoms with E-state index in [1.807, 2.05) is 6.92 Å². The first-order chi connectivity index (χ1) is 15.7. The van der Waals surface area contributed by atoms with Gasteiger partial charge in [-0.2, -0.15) is 15.3 Å². The average molecular weight is 477 g/mol. The highest BCUT2D eigenvalue weighted by Gasteiger charge is 2.23. The number of halogens is 3. The molecule has 12 heteroatoms. The van der Waals surface area contributed by atoms with Crippen LogP contribution in [0.5, 0.6) is 0 Å². The van der Waals surface area contributed by atoms with Crippen LogP contribution in [0.25, 0.3) is 22.3 Å². The molecule has 0 bridgehead atoms. The van der Waals surface area contributed by atoms with Crippen LogP contribution >= 0.6 is 11.6 Å². The monoisotopic (exact) mass is 476 g/mol. The van der Waals surface area contributed by atoms with E-state index in [9.17, 15) is 13.6 Å². The molecule has 0 fully saturated rings. The Bertz CT molecular complexity index is 1330. The van der Waals surface area contributed by atoms with Crippen molar-refractivity contribution in [1.82, 2.24) is 39.2 Å². The molecule has 0 spiro atoms. The molecule has 9 nitrogen and oxygen atoms in total. The Morgan fingerprint density at radius 3 is 2.64 bits per heavy atom. The second-order valence-electron chi connectivity index (χ2n) is 7.75. The summed E-state index contributed by atoms with van der Waals surface area (Å²) in [5, 5.41) is 13.4. The van der Waals surface area contributed by atoms with E-state index in [1.54, 1.807) is 49.0 Å². The first-order valence-corrected chi connectivity index (χ1v) is 10.7.